The van der Waals surface area contributed by atoms with Gasteiger partial charge in [0.15, 0.2) is 0 Å². The van der Waals surface area contributed by atoms with Crippen molar-refractivity contribution < 1.29 is 9.59 Å². The van der Waals surface area contributed by atoms with Gasteiger partial charge in [-0.25, -0.2) is 0 Å². The SMILES string of the molecule is CC(NC(=O)c1cccs1)C(=O)NC(c1ccc(Br)cc1)C1CCC1. The van der Waals surface area contributed by atoms with Gasteiger partial charge in [-0.05, 0) is 54.8 Å². The lowest BCUT2D eigenvalue weighted by atomic mass is 9.77. The van der Waals surface area contributed by atoms with Crippen molar-refractivity contribution in [3.8, 4) is 0 Å². The van der Waals surface area contributed by atoms with Crippen LogP contribution in [-0.2, 0) is 4.79 Å². The van der Waals surface area contributed by atoms with Crippen LogP contribution in [-0.4, -0.2) is 17.9 Å². The Morgan fingerprint density at radius 3 is 2.44 bits per heavy atom. The summed E-state index contributed by atoms with van der Waals surface area (Å²) < 4.78 is 1.02. The number of carbonyl (C=O) groups excluding carboxylic acids is 2. The van der Waals surface area contributed by atoms with Gasteiger partial charge in [-0.3, -0.25) is 9.59 Å². The first-order valence-corrected chi connectivity index (χ1v) is 10.1. The van der Waals surface area contributed by atoms with E-state index in [0.29, 0.717) is 10.8 Å². The molecule has 2 aromatic rings. The van der Waals surface area contributed by atoms with Gasteiger partial charge >= 0.3 is 0 Å². The molecule has 132 valence electrons. The quantitative estimate of drug-likeness (QED) is 0.731. The van der Waals surface area contributed by atoms with Gasteiger partial charge in [0.2, 0.25) is 5.91 Å². The van der Waals surface area contributed by atoms with Crippen molar-refractivity contribution in [2.45, 2.75) is 38.3 Å². The molecule has 0 saturated heterocycles. The molecule has 0 radical (unpaired) electrons. The van der Waals surface area contributed by atoms with Crippen molar-refractivity contribution in [2.24, 2.45) is 5.92 Å². The van der Waals surface area contributed by atoms with E-state index in [1.807, 2.05) is 35.7 Å². The summed E-state index contributed by atoms with van der Waals surface area (Å²) in [4.78, 5) is 25.4. The van der Waals surface area contributed by atoms with Gasteiger partial charge in [-0.1, -0.05) is 40.5 Å². The topological polar surface area (TPSA) is 58.2 Å². The van der Waals surface area contributed by atoms with E-state index in [9.17, 15) is 9.59 Å². The minimum atomic E-state index is -0.576. The lowest BCUT2D eigenvalue weighted by molar-refractivity contribution is -0.124. The predicted octanol–water partition coefficient (Wildman–Crippen LogP) is 4.29. The van der Waals surface area contributed by atoms with Crippen LogP contribution in [0.1, 0.15) is 47.5 Å². The second kappa shape index (κ2) is 8.15. The molecule has 1 aromatic carbocycles. The fourth-order valence-corrected chi connectivity index (χ4v) is 3.83. The molecule has 2 atom stereocenters. The van der Waals surface area contributed by atoms with Crippen molar-refractivity contribution >= 4 is 39.1 Å². The van der Waals surface area contributed by atoms with Gasteiger partial charge in [0.25, 0.3) is 5.91 Å². The summed E-state index contributed by atoms with van der Waals surface area (Å²) in [5.74, 6) is 0.108. The normalized spacial score (nSPS) is 16.6. The molecule has 0 aliphatic heterocycles. The first-order valence-electron chi connectivity index (χ1n) is 8.45. The van der Waals surface area contributed by atoms with Gasteiger partial charge < -0.3 is 10.6 Å². The Morgan fingerprint density at radius 2 is 1.88 bits per heavy atom. The van der Waals surface area contributed by atoms with Crippen LogP contribution in [0.25, 0.3) is 0 Å². The second-order valence-corrected chi connectivity index (χ2v) is 8.26. The predicted molar refractivity (Wildman–Crippen MR) is 104 cm³/mol. The van der Waals surface area contributed by atoms with Gasteiger partial charge in [0, 0.05) is 4.47 Å². The Morgan fingerprint density at radius 1 is 1.16 bits per heavy atom. The van der Waals surface area contributed by atoms with Crippen molar-refractivity contribution in [1.29, 1.82) is 0 Å². The molecule has 0 bridgehead atoms. The van der Waals surface area contributed by atoms with E-state index in [4.69, 9.17) is 0 Å². The fourth-order valence-electron chi connectivity index (χ4n) is 2.94. The fraction of sp³-hybridized carbons (Fsp3) is 0.368. The van der Waals surface area contributed by atoms with E-state index in [2.05, 4.69) is 26.6 Å². The van der Waals surface area contributed by atoms with E-state index >= 15 is 0 Å². The zero-order chi connectivity index (χ0) is 17.8. The number of hydrogen-bond acceptors (Lipinski definition) is 3. The molecule has 1 fully saturated rings. The largest absolute Gasteiger partial charge is 0.347 e. The summed E-state index contributed by atoms with van der Waals surface area (Å²) in [7, 11) is 0. The van der Waals surface area contributed by atoms with E-state index in [-0.39, 0.29) is 17.9 Å². The monoisotopic (exact) mass is 420 g/mol. The van der Waals surface area contributed by atoms with Crippen LogP contribution in [0, 0.1) is 5.92 Å². The van der Waals surface area contributed by atoms with Gasteiger partial charge in [-0.2, -0.15) is 0 Å². The Hall–Kier alpha value is -1.66. The van der Waals surface area contributed by atoms with Crippen molar-refractivity contribution in [3.05, 3.63) is 56.7 Å². The van der Waals surface area contributed by atoms with E-state index in [1.165, 1.54) is 17.8 Å². The van der Waals surface area contributed by atoms with Crippen LogP contribution >= 0.6 is 27.3 Å². The third kappa shape index (κ3) is 4.50. The molecule has 1 saturated carbocycles. The first kappa shape index (κ1) is 18.1. The molecule has 6 heteroatoms. The molecular formula is C19H21BrN2O2S. The number of benzene rings is 1. The molecule has 2 amide bonds. The molecule has 4 nitrogen and oxygen atoms in total. The van der Waals surface area contributed by atoms with Crippen LogP contribution in [0.4, 0.5) is 0 Å². The maximum Gasteiger partial charge on any atom is 0.261 e. The summed E-state index contributed by atoms with van der Waals surface area (Å²) in [6, 6.07) is 11.1. The highest BCUT2D eigenvalue weighted by atomic mass is 79.9. The second-order valence-electron chi connectivity index (χ2n) is 6.40. The average molecular weight is 421 g/mol. The zero-order valence-corrected chi connectivity index (χ0v) is 16.4. The Labute approximate surface area is 160 Å². The molecule has 2 unspecified atom stereocenters. The molecule has 1 heterocycles. The molecule has 25 heavy (non-hydrogen) atoms. The molecule has 3 rings (SSSR count). The lowest BCUT2D eigenvalue weighted by Gasteiger charge is -2.35. The van der Waals surface area contributed by atoms with Crippen LogP contribution < -0.4 is 10.6 Å². The van der Waals surface area contributed by atoms with Crippen LogP contribution in [0.2, 0.25) is 0 Å². The highest BCUT2D eigenvalue weighted by Gasteiger charge is 2.31. The highest BCUT2D eigenvalue weighted by Crippen LogP contribution is 2.38. The minimum Gasteiger partial charge on any atom is -0.347 e. The Bertz CT molecular complexity index is 726. The first-order chi connectivity index (χ1) is 12.0. The maximum atomic E-state index is 12.6. The molecule has 1 aliphatic rings. The molecular weight excluding hydrogens is 400 g/mol. The summed E-state index contributed by atoms with van der Waals surface area (Å²) in [6.07, 6.45) is 3.45. The van der Waals surface area contributed by atoms with E-state index in [0.717, 1.165) is 22.9 Å². The summed E-state index contributed by atoms with van der Waals surface area (Å²) in [5.41, 5.74) is 1.11. The Balaban J connectivity index is 1.65. The number of carbonyl (C=O) groups is 2. The maximum absolute atomic E-state index is 12.6. The summed E-state index contributed by atoms with van der Waals surface area (Å²) in [6.45, 7) is 1.72. The van der Waals surface area contributed by atoms with Crippen molar-refractivity contribution in [2.75, 3.05) is 0 Å². The average Bonchev–Trinajstić information content (AvgIpc) is 3.07. The van der Waals surface area contributed by atoms with E-state index in [1.54, 1.807) is 13.0 Å². The van der Waals surface area contributed by atoms with Gasteiger partial charge in [0.05, 0.1) is 10.9 Å². The van der Waals surface area contributed by atoms with Crippen LogP contribution in [0.3, 0.4) is 0 Å². The zero-order valence-electron chi connectivity index (χ0n) is 14.0. The van der Waals surface area contributed by atoms with Crippen molar-refractivity contribution in [1.82, 2.24) is 10.6 Å². The number of thiophene rings is 1. The lowest BCUT2D eigenvalue weighted by Crippen LogP contribution is -2.47. The van der Waals surface area contributed by atoms with Crippen LogP contribution in [0.5, 0.6) is 0 Å². The smallest absolute Gasteiger partial charge is 0.261 e. The molecule has 1 aromatic heterocycles. The summed E-state index contributed by atoms with van der Waals surface area (Å²) in [5, 5.41) is 7.76. The molecule has 1 aliphatic carbocycles. The van der Waals surface area contributed by atoms with Crippen molar-refractivity contribution in [3.63, 3.8) is 0 Å². The third-order valence-electron chi connectivity index (χ3n) is 4.63. The highest BCUT2D eigenvalue weighted by molar-refractivity contribution is 9.10. The van der Waals surface area contributed by atoms with Crippen LogP contribution in [0.15, 0.2) is 46.3 Å². The standard InChI is InChI=1S/C19H21BrN2O2S/c1-12(21-19(24)16-6-3-11-25-16)18(23)22-17(13-4-2-5-13)14-7-9-15(20)10-8-14/h3,6-13,17H,2,4-5H2,1H3,(H,21,24)(H,22,23). The van der Waals surface area contributed by atoms with Gasteiger partial charge in [0.1, 0.15) is 6.04 Å². The number of halogens is 1. The third-order valence-corrected chi connectivity index (χ3v) is 6.03. The number of amides is 2. The van der Waals surface area contributed by atoms with Gasteiger partial charge in [-0.15, -0.1) is 11.3 Å². The number of nitrogens with one attached hydrogen (secondary N) is 2. The molecule has 0 spiro atoms. The number of rotatable bonds is 6. The Kier molecular flexibility index (Phi) is 5.91. The summed E-state index contributed by atoms with van der Waals surface area (Å²) >= 11 is 4.82. The number of hydrogen-bond donors (Lipinski definition) is 2. The minimum absolute atomic E-state index is 0.00422. The van der Waals surface area contributed by atoms with E-state index < -0.39 is 6.04 Å². The molecule has 2 N–H and O–H groups in total.